The summed E-state index contributed by atoms with van der Waals surface area (Å²) in [5, 5.41) is 13.1. The van der Waals surface area contributed by atoms with E-state index in [0.29, 0.717) is 23.6 Å². The molecule has 0 unspecified atom stereocenters. The molecule has 3 heterocycles. The van der Waals surface area contributed by atoms with Crippen molar-refractivity contribution in [3.63, 3.8) is 0 Å². The third kappa shape index (κ3) is 2.52. The van der Waals surface area contributed by atoms with Crippen molar-refractivity contribution in [2.75, 3.05) is 5.73 Å². The smallest absolute Gasteiger partial charge is 0.227 e. The Kier molecular flexibility index (Phi) is 3.42. The van der Waals surface area contributed by atoms with Crippen LogP contribution in [-0.2, 0) is 5.75 Å². The van der Waals surface area contributed by atoms with Crippen LogP contribution in [0.25, 0.3) is 11.5 Å². The minimum absolute atomic E-state index is 0.470. The molecule has 114 valence electrons. The molecule has 0 radical (unpaired) electrons. The molecule has 8 heteroatoms. The number of anilines is 1. The largest absolute Gasteiger partial charge is 0.441 e. The van der Waals surface area contributed by atoms with Crippen LogP contribution in [0.4, 0.5) is 5.95 Å². The first-order chi connectivity index (χ1) is 10.7. The maximum atomic E-state index is 5.89. The van der Waals surface area contributed by atoms with E-state index in [-0.39, 0.29) is 0 Å². The van der Waals surface area contributed by atoms with Gasteiger partial charge in [0.1, 0.15) is 5.76 Å². The summed E-state index contributed by atoms with van der Waals surface area (Å²) in [6, 6.07) is 2.48. The van der Waals surface area contributed by atoms with Gasteiger partial charge in [-0.25, -0.2) is 4.98 Å². The standard InChI is InChI=1S/C14H15N5OS2/c1-8-11(16-12(20-8)9-4-5-21-6-9)7-22-14-18-17-13(15)19(14)10-2-3-10/h4-6,10H,2-3,7H2,1H3,(H2,15,17). The van der Waals surface area contributed by atoms with E-state index in [1.807, 2.05) is 28.3 Å². The molecule has 3 aromatic heterocycles. The number of aromatic nitrogens is 4. The summed E-state index contributed by atoms with van der Waals surface area (Å²) >= 11 is 3.24. The van der Waals surface area contributed by atoms with Crippen molar-refractivity contribution in [3.05, 3.63) is 28.3 Å². The number of thiophene rings is 1. The number of thioether (sulfide) groups is 1. The van der Waals surface area contributed by atoms with Gasteiger partial charge in [-0.3, -0.25) is 4.57 Å². The number of oxazole rings is 1. The Morgan fingerprint density at radius 2 is 2.32 bits per heavy atom. The fraction of sp³-hybridized carbons (Fsp3) is 0.357. The lowest BCUT2D eigenvalue weighted by molar-refractivity contribution is 0.541. The molecule has 0 amide bonds. The maximum Gasteiger partial charge on any atom is 0.227 e. The highest BCUT2D eigenvalue weighted by molar-refractivity contribution is 7.98. The summed E-state index contributed by atoms with van der Waals surface area (Å²) in [4.78, 5) is 4.59. The Labute approximate surface area is 135 Å². The second-order valence-corrected chi connectivity index (χ2v) is 6.99. The Balaban J connectivity index is 1.52. The van der Waals surface area contributed by atoms with E-state index < -0.39 is 0 Å². The first kappa shape index (κ1) is 13.8. The van der Waals surface area contributed by atoms with Crippen molar-refractivity contribution in [3.8, 4) is 11.5 Å². The van der Waals surface area contributed by atoms with Gasteiger partial charge in [0.25, 0.3) is 0 Å². The summed E-state index contributed by atoms with van der Waals surface area (Å²) in [5.41, 5.74) is 7.86. The molecule has 0 atom stereocenters. The minimum atomic E-state index is 0.470. The number of hydrogen-bond acceptors (Lipinski definition) is 7. The van der Waals surface area contributed by atoms with Gasteiger partial charge in [-0.2, -0.15) is 11.3 Å². The minimum Gasteiger partial charge on any atom is -0.441 e. The van der Waals surface area contributed by atoms with Crippen LogP contribution in [0.3, 0.4) is 0 Å². The third-order valence-electron chi connectivity index (χ3n) is 3.60. The molecule has 0 bridgehead atoms. The van der Waals surface area contributed by atoms with Gasteiger partial charge in [0, 0.05) is 22.7 Å². The van der Waals surface area contributed by atoms with Crippen molar-refractivity contribution in [2.24, 2.45) is 0 Å². The summed E-state index contributed by atoms with van der Waals surface area (Å²) in [7, 11) is 0. The zero-order chi connectivity index (χ0) is 15.1. The quantitative estimate of drug-likeness (QED) is 0.719. The number of nitrogens with two attached hydrogens (primary N) is 1. The highest BCUT2D eigenvalue weighted by atomic mass is 32.2. The molecular weight excluding hydrogens is 318 g/mol. The average Bonchev–Trinajstić information content (AvgIpc) is 2.92. The van der Waals surface area contributed by atoms with Gasteiger partial charge in [-0.05, 0) is 31.2 Å². The normalized spacial score (nSPS) is 14.6. The lowest BCUT2D eigenvalue weighted by atomic mass is 10.3. The number of nitrogens with zero attached hydrogens (tertiary/aromatic N) is 4. The predicted molar refractivity (Wildman–Crippen MR) is 86.8 cm³/mol. The van der Waals surface area contributed by atoms with Gasteiger partial charge in [-0.15, -0.1) is 10.2 Å². The first-order valence-electron chi connectivity index (χ1n) is 7.04. The van der Waals surface area contributed by atoms with Crippen LogP contribution in [0.2, 0.25) is 0 Å². The van der Waals surface area contributed by atoms with E-state index in [4.69, 9.17) is 10.2 Å². The summed E-state index contributed by atoms with van der Waals surface area (Å²) in [5.74, 6) is 2.72. The fourth-order valence-corrected chi connectivity index (χ4v) is 3.91. The van der Waals surface area contributed by atoms with Gasteiger partial charge in [0.2, 0.25) is 11.8 Å². The number of hydrogen-bond donors (Lipinski definition) is 1. The molecule has 22 heavy (non-hydrogen) atoms. The van der Waals surface area contributed by atoms with Crippen LogP contribution < -0.4 is 5.73 Å². The number of rotatable bonds is 5. The van der Waals surface area contributed by atoms with Crippen LogP contribution >= 0.6 is 23.1 Å². The monoisotopic (exact) mass is 333 g/mol. The highest BCUT2D eigenvalue weighted by Gasteiger charge is 2.29. The molecule has 0 saturated heterocycles. The van der Waals surface area contributed by atoms with Crippen LogP contribution in [0.5, 0.6) is 0 Å². The van der Waals surface area contributed by atoms with Crippen LogP contribution in [0.1, 0.15) is 30.3 Å². The maximum absolute atomic E-state index is 5.89. The van der Waals surface area contributed by atoms with Crippen molar-refractivity contribution < 1.29 is 4.42 Å². The lowest BCUT2D eigenvalue weighted by Crippen LogP contribution is -2.02. The molecule has 3 aromatic rings. The topological polar surface area (TPSA) is 82.8 Å². The predicted octanol–water partition coefficient (Wildman–Crippen LogP) is 3.51. The Morgan fingerprint density at radius 1 is 1.45 bits per heavy atom. The van der Waals surface area contributed by atoms with E-state index in [2.05, 4.69) is 15.2 Å². The summed E-state index contributed by atoms with van der Waals surface area (Å²) in [6.45, 7) is 1.94. The van der Waals surface area contributed by atoms with E-state index in [1.54, 1.807) is 23.1 Å². The molecule has 6 nitrogen and oxygen atoms in total. The van der Waals surface area contributed by atoms with Crippen molar-refractivity contribution in [1.82, 2.24) is 19.7 Å². The van der Waals surface area contributed by atoms with Gasteiger partial charge >= 0.3 is 0 Å². The second-order valence-electron chi connectivity index (χ2n) is 5.26. The van der Waals surface area contributed by atoms with E-state index in [1.165, 1.54) is 0 Å². The Bertz CT molecular complexity index is 788. The molecule has 0 spiro atoms. The van der Waals surface area contributed by atoms with Crippen molar-refractivity contribution >= 4 is 29.0 Å². The van der Waals surface area contributed by atoms with Crippen LogP contribution in [0.15, 0.2) is 26.4 Å². The van der Waals surface area contributed by atoms with Crippen LogP contribution in [-0.4, -0.2) is 19.7 Å². The molecule has 1 saturated carbocycles. The fourth-order valence-electron chi connectivity index (χ4n) is 2.27. The average molecular weight is 333 g/mol. The van der Waals surface area contributed by atoms with Gasteiger partial charge < -0.3 is 10.2 Å². The molecule has 2 N–H and O–H groups in total. The Hall–Kier alpha value is -1.80. The number of nitrogen functional groups attached to an aromatic ring is 1. The third-order valence-corrected chi connectivity index (χ3v) is 5.24. The van der Waals surface area contributed by atoms with Gasteiger partial charge in [0.05, 0.1) is 5.69 Å². The molecule has 1 fully saturated rings. The zero-order valence-corrected chi connectivity index (χ0v) is 13.7. The van der Waals surface area contributed by atoms with Gasteiger partial charge in [-0.1, -0.05) is 11.8 Å². The SMILES string of the molecule is Cc1oc(-c2ccsc2)nc1CSc1nnc(N)n1C1CC1. The highest BCUT2D eigenvalue weighted by Crippen LogP contribution is 2.40. The van der Waals surface area contributed by atoms with E-state index in [0.717, 1.165) is 35.0 Å². The molecular formula is C14H15N5OS2. The van der Waals surface area contributed by atoms with E-state index >= 15 is 0 Å². The molecule has 0 aromatic carbocycles. The second kappa shape index (κ2) is 5.44. The van der Waals surface area contributed by atoms with Crippen molar-refractivity contribution in [1.29, 1.82) is 0 Å². The van der Waals surface area contributed by atoms with E-state index in [9.17, 15) is 0 Å². The van der Waals surface area contributed by atoms with Crippen LogP contribution in [0, 0.1) is 6.92 Å². The Morgan fingerprint density at radius 3 is 3.05 bits per heavy atom. The molecule has 4 rings (SSSR count). The lowest BCUT2D eigenvalue weighted by Gasteiger charge is -2.04. The summed E-state index contributed by atoms with van der Waals surface area (Å²) in [6.07, 6.45) is 2.31. The first-order valence-corrected chi connectivity index (χ1v) is 8.97. The summed E-state index contributed by atoms with van der Waals surface area (Å²) < 4.78 is 7.79. The molecule has 1 aliphatic rings. The van der Waals surface area contributed by atoms with Crippen molar-refractivity contribution in [2.45, 2.75) is 36.7 Å². The molecule has 0 aliphatic heterocycles. The van der Waals surface area contributed by atoms with Gasteiger partial charge in [0.15, 0.2) is 5.16 Å². The number of aryl methyl sites for hydroxylation is 1. The zero-order valence-electron chi connectivity index (χ0n) is 12.0. The molecule has 1 aliphatic carbocycles.